The summed E-state index contributed by atoms with van der Waals surface area (Å²) < 4.78 is 0. The minimum atomic E-state index is -1.46. The summed E-state index contributed by atoms with van der Waals surface area (Å²) in [5.41, 5.74) is 13.8. The summed E-state index contributed by atoms with van der Waals surface area (Å²) in [5, 5.41) is 33.5. The standard InChI is InChI=1S/C46H52ClN7O9/c1-25(37(55)19-20-40(49)58)50-44(61)36-23-27-7-17-38(56)33(22-27)34-24-31(14-18-39(34)57)41(45(62)51-26(2)42(59)53-36)54(3)46(63)35(6-4-5-21-48)52-43(60)30-10-8-28(9-11-30)29-12-15-32(47)16-13-29/h7-18,22,24-26,35-36,41,56-57H,4-6,19-21,23,48H2,1-3H3,(H2,49,58)(H,50,61)(H,51,62)(H,52,60)(H,53,59). The normalized spacial score (nSPS) is 17.2. The van der Waals surface area contributed by atoms with Crippen LogP contribution in [0.25, 0.3) is 22.3 Å². The minimum absolute atomic E-state index is 0.0872. The molecule has 4 aromatic carbocycles. The van der Waals surface area contributed by atoms with Crippen molar-refractivity contribution in [2.75, 3.05) is 13.6 Å². The van der Waals surface area contributed by atoms with Gasteiger partial charge in [-0.15, -0.1) is 0 Å². The van der Waals surface area contributed by atoms with Crippen LogP contribution in [0.3, 0.4) is 0 Å². The second-order valence-corrected chi connectivity index (χ2v) is 16.0. The molecule has 1 aliphatic rings. The van der Waals surface area contributed by atoms with Crippen LogP contribution in [0.5, 0.6) is 11.5 Å². The number of nitrogens with two attached hydrogens (primary N) is 2. The number of nitrogens with one attached hydrogen (secondary N) is 4. The van der Waals surface area contributed by atoms with Crippen LogP contribution in [0.1, 0.15) is 73.5 Å². The highest BCUT2D eigenvalue weighted by Crippen LogP contribution is 2.39. The number of carbonyl (C=O) groups excluding carboxylic acids is 7. The van der Waals surface area contributed by atoms with Crippen LogP contribution in [-0.4, -0.2) is 94.1 Å². The van der Waals surface area contributed by atoms with Crippen molar-refractivity contribution < 1.29 is 43.8 Å². The Kier molecular flexibility index (Phi) is 16.0. The number of rotatable bonds is 15. The molecular formula is C46H52ClN7O9. The number of likely N-dealkylation sites (N-methyl/N-ethyl adjacent to an activating group) is 1. The zero-order valence-corrected chi connectivity index (χ0v) is 35.9. The van der Waals surface area contributed by atoms with E-state index in [0.717, 1.165) is 16.0 Å². The van der Waals surface area contributed by atoms with Gasteiger partial charge in [-0.1, -0.05) is 48.0 Å². The maximum Gasteiger partial charge on any atom is 0.251 e. The number of hydrogen-bond donors (Lipinski definition) is 8. The number of halogens is 1. The SMILES string of the molecule is CC(NC(=O)C1Cc2ccc(O)c(c2)-c2cc(ccc2O)C(N(C)C(=O)C(CCCCN)NC(=O)c2ccc(-c3ccc(Cl)cc3)cc2)C(=O)NC(C)C(=O)N1)C(=O)CCC(N)=O. The largest absolute Gasteiger partial charge is 0.507 e. The Morgan fingerprint density at radius 1 is 0.825 bits per heavy atom. The predicted octanol–water partition coefficient (Wildman–Crippen LogP) is 3.40. The lowest BCUT2D eigenvalue weighted by Gasteiger charge is -2.32. The van der Waals surface area contributed by atoms with Crippen molar-refractivity contribution in [1.29, 1.82) is 0 Å². The molecule has 5 atom stereocenters. The van der Waals surface area contributed by atoms with Crippen LogP contribution in [0, 0.1) is 0 Å². The highest BCUT2D eigenvalue weighted by Gasteiger charge is 2.36. The molecule has 0 fully saturated rings. The van der Waals surface area contributed by atoms with Crippen LogP contribution in [0.2, 0.25) is 5.02 Å². The molecule has 1 aliphatic heterocycles. The molecular weight excluding hydrogens is 830 g/mol. The molecule has 4 bridgehead atoms. The third-order valence-corrected chi connectivity index (χ3v) is 11.1. The average molecular weight is 882 g/mol. The van der Waals surface area contributed by atoms with Gasteiger partial charge in [-0.2, -0.15) is 0 Å². The number of phenolic OH excluding ortho intramolecular Hbond substituents is 2. The van der Waals surface area contributed by atoms with Crippen molar-refractivity contribution in [3.63, 3.8) is 0 Å². The van der Waals surface area contributed by atoms with E-state index in [9.17, 15) is 43.8 Å². The highest BCUT2D eigenvalue weighted by atomic mass is 35.5. The fourth-order valence-corrected chi connectivity index (χ4v) is 7.32. The summed E-state index contributed by atoms with van der Waals surface area (Å²) in [7, 11) is 1.38. The molecule has 5 unspecified atom stereocenters. The van der Waals surface area contributed by atoms with Crippen molar-refractivity contribution in [3.8, 4) is 33.8 Å². The molecule has 16 nitrogen and oxygen atoms in total. The van der Waals surface area contributed by atoms with Crippen molar-refractivity contribution in [1.82, 2.24) is 26.2 Å². The van der Waals surface area contributed by atoms with Crippen LogP contribution >= 0.6 is 11.6 Å². The molecule has 1 heterocycles. The van der Waals surface area contributed by atoms with E-state index in [1.54, 1.807) is 36.4 Å². The molecule has 0 saturated carbocycles. The lowest BCUT2D eigenvalue weighted by atomic mass is 9.93. The number of nitrogens with zero attached hydrogens (tertiary/aromatic N) is 1. The summed E-state index contributed by atoms with van der Waals surface area (Å²) in [6.07, 6.45) is 0.605. The summed E-state index contributed by atoms with van der Waals surface area (Å²) in [6, 6.07) is 16.3. The number of ketones is 1. The number of amides is 6. The number of carbonyl (C=O) groups is 7. The Labute approximate surface area is 369 Å². The molecule has 0 aromatic heterocycles. The molecule has 4 aromatic rings. The summed E-state index contributed by atoms with van der Waals surface area (Å²) in [4.78, 5) is 95.1. The zero-order valence-electron chi connectivity index (χ0n) is 35.2. The van der Waals surface area contributed by atoms with E-state index in [1.165, 1.54) is 57.3 Å². The van der Waals surface area contributed by atoms with Gasteiger partial charge < -0.3 is 47.8 Å². The molecule has 0 spiro atoms. The van der Waals surface area contributed by atoms with Gasteiger partial charge in [0.1, 0.15) is 35.7 Å². The van der Waals surface area contributed by atoms with Crippen LogP contribution < -0.4 is 32.7 Å². The van der Waals surface area contributed by atoms with Gasteiger partial charge >= 0.3 is 0 Å². The summed E-state index contributed by atoms with van der Waals surface area (Å²) in [6.45, 7) is 3.15. The second-order valence-electron chi connectivity index (χ2n) is 15.5. The van der Waals surface area contributed by atoms with Gasteiger partial charge in [-0.05, 0) is 110 Å². The topological polar surface area (TPSA) is 263 Å². The van der Waals surface area contributed by atoms with Crippen LogP contribution in [0.4, 0.5) is 0 Å². The first-order valence-electron chi connectivity index (χ1n) is 20.5. The maximum atomic E-state index is 14.6. The minimum Gasteiger partial charge on any atom is -0.507 e. The number of phenols is 2. The molecule has 6 amide bonds. The molecule has 10 N–H and O–H groups in total. The van der Waals surface area contributed by atoms with Gasteiger partial charge in [-0.25, -0.2) is 0 Å². The van der Waals surface area contributed by atoms with Crippen molar-refractivity contribution in [3.05, 3.63) is 107 Å². The smallest absolute Gasteiger partial charge is 0.251 e. The third kappa shape index (κ3) is 12.2. The molecule has 0 saturated heterocycles. The van der Waals surface area contributed by atoms with Gasteiger partial charge in [0.25, 0.3) is 5.91 Å². The second kappa shape index (κ2) is 21.3. The van der Waals surface area contributed by atoms with Gasteiger partial charge in [0.2, 0.25) is 29.5 Å². The van der Waals surface area contributed by atoms with E-state index in [-0.39, 0.29) is 59.4 Å². The monoisotopic (exact) mass is 881 g/mol. The van der Waals surface area contributed by atoms with Crippen molar-refractivity contribution in [2.24, 2.45) is 11.5 Å². The fraction of sp³-hybridized carbons (Fsp3) is 0.326. The van der Waals surface area contributed by atoms with Gasteiger partial charge in [-0.3, -0.25) is 33.6 Å². The summed E-state index contributed by atoms with van der Waals surface area (Å²) >= 11 is 6.04. The molecule has 63 heavy (non-hydrogen) atoms. The lowest BCUT2D eigenvalue weighted by molar-refractivity contribution is -0.141. The highest BCUT2D eigenvalue weighted by molar-refractivity contribution is 6.30. The fourth-order valence-electron chi connectivity index (χ4n) is 7.19. The number of benzene rings is 4. The third-order valence-electron chi connectivity index (χ3n) is 10.8. The quantitative estimate of drug-likeness (QED) is 0.0807. The first-order valence-corrected chi connectivity index (χ1v) is 20.9. The van der Waals surface area contributed by atoms with Gasteiger partial charge in [0.05, 0.1) is 6.04 Å². The number of aromatic hydroxyl groups is 2. The predicted molar refractivity (Wildman–Crippen MR) is 236 cm³/mol. The van der Waals surface area contributed by atoms with E-state index in [4.69, 9.17) is 23.1 Å². The Morgan fingerprint density at radius 2 is 1.44 bits per heavy atom. The van der Waals surface area contributed by atoms with E-state index in [0.29, 0.717) is 30.0 Å². The number of Topliss-reactive ketones (excluding diaryl/α,β-unsaturated/α-hetero) is 1. The number of unbranched alkanes of at least 4 members (excludes halogenated alkanes) is 1. The van der Waals surface area contributed by atoms with E-state index in [1.807, 2.05) is 12.1 Å². The van der Waals surface area contributed by atoms with E-state index in [2.05, 4.69) is 21.3 Å². The number of fused-ring (bicyclic) bond motifs is 5. The lowest BCUT2D eigenvalue weighted by Crippen LogP contribution is -2.56. The van der Waals surface area contributed by atoms with Gasteiger partial charge in [0, 0.05) is 48.0 Å². The number of hydrogen-bond acceptors (Lipinski definition) is 10. The molecule has 332 valence electrons. The Hall–Kier alpha value is -6.78. The maximum absolute atomic E-state index is 14.6. The van der Waals surface area contributed by atoms with Crippen molar-refractivity contribution >= 4 is 52.8 Å². The van der Waals surface area contributed by atoms with Gasteiger partial charge in [0.15, 0.2) is 5.78 Å². The Morgan fingerprint density at radius 3 is 2.08 bits per heavy atom. The zero-order chi connectivity index (χ0) is 46.0. The summed E-state index contributed by atoms with van der Waals surface area (Å²) in [5.74, 6) is -5.23. The average Bonchev–Trinajstić information content (AvgIpc) is 3.25. The first-order chi connectivity index (χ1) is 30.0. The molecule has 0 radical (unpaired) electrons. The molecule has 5 rings (SSSR count). The van der Waals surface area contributed by atoms with Crippen molar-refractivity contribution in [2.45, 2.75) is 82.6 Å². The Balaban J connectivity index is 1.47. The van der Waals surface area contributed by atoms with Crippen LogP contribution in [-0.2, 0) is 35.2 Å². The molecule has 17 heteroatoms. The Bertz CT molecular complexity index is 2360. The van der Waals surface area contributed by atoms with E-state index >= 15 is 0 Å². The molecule has 0 aliphatic carbocycles. The van der Waals surface area contributed by atoms with Crippen LogP contribution in [0.15, 0.2) is 84.9 Å². The van der Waals surface area contributed by atoms with E-state index < -0.39 is 71.4 Å². The number of primary amides is 1. The first kappa shape index (κ1) is 47.3.